The van der Waals surface area contributed by atoms with E-state index >= 15 is 0 Å². The maximum Gasteiger partial charge on any atom is 0.155 e. The molecule has 0 saturated heterocycles. The molecule has 0 radical (unpaired) electrons. The smallest absolute Gasteiger partial charge is 0.155 e. The van der Waals surface area contributed by atoms with E-state index in [1.165, 1.54) is 5.69 Å². The zero-order valence-electron chi connectivity index (χ0n) is 8.49. The van der Waals surface area contributed by atoms with E-state index in [9.17, 15) is 0 Å². The normalized spacial score (nSPS) is 11.0. The third-order valence-corrected chi connectivity index (χ3v) is 2.18. The summed E-state index contributed by atoms with van der Waals surface area (Å²) in [6.45, 7) is 2.87. The number of hydrogen-bond acceptors (Lipinski definition) is 3. The van der Waals surface area contributed by atoms with Crippen LogP contribution in [0.15, 0.2) is 18.2 Å². The molecule has 0 amide bonds. The Morgan fingerprint density at radius 1 is 1.43 bits per heavy atom. The van der Waals surface area contributed by atoms with Gasteiger partial charge in [0.2, 0.25) is 0 Å². The lowest BCUT2D eigenvalue weighted by Crippen LogP contribution is -2.12. The van der Waals surface area contributed by atoms with Crippen molar-refractivity contribution in [1.29, 1.82) is 0 Å². The third kappa shape index (κ3) is 1.61. The molecule has 74 valence electrons. The van der Waals surface area contributed by atoms with Gasteiger partial charge in [0.25, 0.3) is 0 Å². The number of pyridine rings is 1. The molecule has 0 unspecified atom stereocenters. The molecule has 4 nitrogen and oxygen atoms in total. The fourth-order valence-electron chi connectivity index (χ4n) is 1.51. The van der Waals surface area contributed by atoms with Crippen LogP contribution in [0.2, 0.25) is 0 Å². The van der Waals surface area contributed by atoms with Crippen LogP contribution in [-0.4, -0.2) is 28.2 Å². The Hall–Kier alpha value is -1.42. The molecule has 2 rings (SSSR count). The number of fused-ring (bicyclic) bond motifs is 1. The molecule has 0 spiro atoms. The second-order valence-electron chi connectivity index (χ2n) is 3.30. The van der Waals surface area contributed by atoms with Crippen LogP contribution in [0.1, 0.15) is 11.5 Å². The first-order valence-corrected chi connectivity index (χ1v) is 4.77. The van der Waals surface area contributed by atoms with Crippen LogP contribution in [0.4, 0.5) is 0 Å². The number of hydrogen-bond donors (Lipinski definition) is 1. The fourth-order valence-corrected chi connectivity index (χ4v) is 1.51. The van der Waals surface area contributed by atoms with Crippen molar-refractivity contribution in [2.45, 2.75) is 13.3 Å². The molecule has 2 aromatic rings. The van der Waals surface area contributed by atoms with Gasteiger partial charge in [0, 0.05) is 18.7 Å². The summed E-state index contributed by atoms with van der Waals surface area (Å²) in [5, 5.41) is 7.47. The molecule has 2 aromatic heterocycles. The lowest BCUT2D eigenvalue weighted by atomic mass is 10.2. The van der Waals surface area contributed by atoms with Gasteiger partial charge in [-0.1, -0.05) is 6.07 Å². The molecule has 0 atom stereocenters. The minimum absolute atomic E-state index is 0.821. The number of nitrogens with zero attached hydrogens (tertiary/aromatic N) is 3. The minimum Gasteiger partial charge on any atom is -0.319 e. The van der Waals surface area contributed by atoms with E-state index in [2.05, 4.69) is 21.5 Å². The van der Waals surface area contributed by atoms with Crippen LogP contribution in [-0.2, 0) is 6.42 Å². The Balaban J connectivity index is 2.42. The van der Waals surface area contributed by atoms with Crippen LogP contribution in [0.5, 0.6) is 0 Å². The lowest BCUT2D eigenvalue weighted by molar-refractivity contribution is 0.744. The third-order valence-electron chi connectivity index (χ3n) is 2.18. The van der Waals surface area contributed by atoms with Crippen molar-refractivity contribution >= 4 is 5.65 Å². The molecule has 2 heterocycles. The SMILES string of the molecule is CNCCc1cccc2nc(C)nn12. The molecule has 0 aliphatic carbocycles. The first-order chi connectivity index (χ1) is 6.81. The monoisotopic (exact) mass is 190 g/mol. The Kier molecular flexibility index (Phi) is 2.45. The van der Waals surface area contributed by atoms with Crippen LogP contribution in [0, 0.1) is 6.92 Å². The molecule has 4 heteroatoms. The topological polar surface area (TPSA) is 42.2 Å². The van der Waals surface area contributed by atoms with Gasteiger partial charge in [-0.2, -0.15) is 5.10 Å². The highest BCUT2D eigenvalue weighted by Crippen LogP contribution is 2.05. The molecule has 0 aromatic carbocycles. The second kappa shape index (κ2) is 3.75. The highest BCUT2D eigenvalue weighted by Gasteiger charge is 2.02. The Morgan fingerprint density at radius 3 is 3.07 bits per heavy atom. The zero-order chi connectivity index (χ0) is 9.97. The van der Waals surface area contributed by atoms with Crippen molar-refractivity contribution in [2.24, 2.45) is 0 Å². The van der Waals surface area contributed by atoms with Gasteiger partial charge in [0.1, 0.15) is 5.82 Å². The van der Waals surface area contributed by atoms with Crippen LogP contribution in [0.3, 0.4) is 0 Å². The van der Waals surface area contributed by atoms with Crippen LogP contribution >= 0.6 is 0 Å². The number of nitrogens with one attached hydrogen (secondary N) is 1. The van der Waals surface area contributed by atoms with Crippen molar-refractivity contribution in [2.75, 3.05) is 13.6 Å². The molecule has 14 heavy (non-hydrogen) atoms. The average molecular weight is 190 g/mol. The molecule has 0 saturated carbocycles. The minimum atomic E-state index is 0.821. The zero-order valence-corrected chi connectivity index (χ0v) is 8.49. The first-order valence-electron chi connectivity index (χ1n) is 4.77. The Morgan fingerprint density at radius 2 is 2.29 bits per heavy atom. The molecule has 0 bridgehead atoms. The van der Waals surface area contributed by atoms with Crippen molar-refractivity contribution in [3.8, 4) is 0 Å². The summed E-state index contributed by atoms with van der Waals surface area (Å²) in [5.41, 5.74) is 2.12. The van der Waals surface area contributed by atoms with Gasteiger partial charge in [0.05, 0.1) is 0 Å². The van der Waals surface area contributed by atoms with Crippen molar-refractivity contribution in [1.82, 2.24) is 19.9 Å². The van der Waals surface area contributed by atoms with Gasteiger partial charge in [-0.05, 0) is 26.1 Å². The molecular weight excluding hydrogens is 176 g/mol. The van der Waals surface area contributed by atoms with Gasteiger partial charge in [-0.15, -0.1) is 0 Å². The van der Waals surface area contributed by atoms with Gasteiger partial charge in [-0.3, -0.25) is 0 Å². The summed E-state index contributed by atoms with van der Waals surface area (Å²) >= 11 is 0. The molecule has 0 fully saturated rings. The largest absolute Gasteiger partial charge is 0.319 e. The predicted octanol–water partition coefficient (Wildman–Crippen LogP) is 0.800. The highest BCUT2D eigenvalue weighted by molar-refractivity contribution is 5.38. The van der Waals surface area contributed by atoms with Gasteiger partial charge < -0.3 is 5.32 Å². The van der Waals surface area contributed by atoms with E-state index in [0.717, 1.165) is 24.4 Å². The first kappa shape index (κ1) is 9.15. The summed E-state index contributed by atoms with van der Waals surface area (Å²) < 4.78 is 1.91. The lowest BCUT2D eigenvalue weighted by Gasteiger charge is -2.02. The number of aryl methyl sites for hydroxylation is 1. The fraction of sp³-hybridized carbons (Fsp3) is 0.400. The van der Waals surface area contributed by atoms with E-state index in [1.54, 1.807) is 0 Å². The second-order valence-corrected chi connectivity index (χ2v) is 3.30. The van der Waals surface area contributed by atoms with E-state index in [0.29, 0.717) is 0 Å². The summed E-state index contributed by atoms with van der Waals surface area (Å²) in [6, 6.07) is 6.08. The number of rotatable bonds is 3. The van der Waals surface area contributed by atoms with Gasteiger partial charge in [-0.25, -0.2) is 9.50 Å². The Labute approximate surface area is 83.0 Å². The average Bonchev–Trinajstić information content (AvgIpc) is 2.55. The summed E-state index contributed by atoms with van der Waals surface area (Å²) in [6.07, 6.45) is 0.969. The van der Waals surface area contributed by atoms with E-state index < -0.39 is 0 Å². The maximum atomic E-state index is 4.34. The molecule has 0 aliphatic heterocycles. The van der Waals surface area contributed by atoms with Crippen LogP contribution in [0.25, 0.3) is 5.65 Å². The van der Waals surface area contributed by atoms with E-state index in [4.69, 9.17) is 0 Å². The standard InChI is InChI=1S/C10H14N4/c1-8-12-10-5-3-4-9(6-7-11-2)14(10)13-8/h3-5,11H,6-7H2,1-2H3. The summed E-state index contributed by atoms with van der Waals surface area (Å²) in [5.74, 6) is 0.821. The van der Waals surface area contributed by atoms with Crippen molar-refractivity contribution in [3.05, 3.63) is 29.7 Å². The molecule has 0 aliphatic rings. The van der Waals surface area contributed by atoms with E-state index in [-0.39, 0.29) is 0 Å². The summed E-state index contributed by atoms with van der Waals surface area (Å²) in [7, 11) is 1.95. The van der Waals surface area contributed by atoms with Crippen LogP contribution < -0.4 is 5.32 Å². The van der Waals surface area contributed by atoms with E-state index in [1.807, 2.05) is 30.6 Å². The van der Waals surface area contributed by atoms with Gasteiger partial charge in [0.15, 0.2) is 5.65 Å². The van der Waals surface area contributed by atoms with Gasteiger partial charge >= 0.3 is 0 Å². The maximum absolute atomic E-state index is 4.34. The van der Waals surface area contributed by atoms with Crippen molar-refractivity contribution in [3.63, 3.8) is 0 Å². The van der Waals surface area contributed by atoms with Crippen molar-refractivity contribution < 1.29 is 0 Å². The molecular formula is C10H14N4. The molecule has 1 N–H and O–H groups in total. The summed E-state index contributed by atoms with van der Waals surface area (Å²) in [4.78, 5) is 4.31. The number of aromatic nitrogens is 3. The Bertz CT molecular complexity index is 433. The highest BCUT2D eigenvalue weighted by atomic mass is 15.3. The number of likely N-dealkylation sites (N-methyl/N-ethyl adjacent to an activating group) is 1. The predicted molar refractivity (Wildman–Crippen MR) is 55.4 cm³/mol. The quantitative estimate of drug-likeness (QED) is 0.778.